The van der Waals surface area contributed by atoms with E-state index in [1.807, 2.05) is 6.07 Å². The van der Waals surface area contributed by atoms with Gasteiger partial charge >= 0.3 is 0 Å². The number of pyridine rings is 1. The summed E-state index contributed by atoms with van der Waals surface area (Å²) < 4.78 is 6.53. The molecule has 1 aromatic heterocycles. The van der Waals surface area contributed by atoms with E-state index in [1.54, 1.807) is 12.4 Å². The van der Waals surface area contributed by atoms with E-state index < -0.39 is 0 Å². The SMILES string of the molecule is Brc1ccncc1OCC1CCN1.Cl. The molecule has 1 aliphatic heterocycles. The molecule has 1 unspecified atom stereocenters. The molecule has 1 atom stereocenters. The highest BCUT2D eigenvalue weighted by atomic mass is 79.9. The highest BCUT2D eigenvalue weighted by molar-refractivity contribution is 9.10. The predicted molar refractivity (Wildman–Crippen MR) is 61.1 cm³/mol. The molecule has 0 spiro atoms. The number of nitrogens with zero attached hydrogens (tertiary/aromatic N) is 1. The predicted octanol–water partition coefficient (Wildman–Crippen LogP) is 2.01. The molecule has 0 aliphatic carbocycles. The number of hydrogen-bond donors (Lipinski definition) is 1. The molecular weight excluding hydrogens is 267 g/mol. The van der Waals surface area contributed by atoms with Gasteiger partial charge in [-0.15, -0.1) is 12.4 Å². The van der Waals surface area contributed by atoms with Crippen molar-refractivity contribution in [2.45, 2.75) is 12.5 Å². The van der Waals surface area contributed by atoms with Crippen LogP contribution in [0.4, 0.5) is 0 Å². The smallest absolute Gasteiger partial charge is 0.151 e. The number of aromatic nitrogens is 1. The van der Waals surface area contributed by atoms with Crippen LogP contribution in [0.25, 0.3) is 0 Å². The van der Waals surface area contributed by atoms with Gasteiger partial charge in [-0.25, -0.2) is 0 Å². The lowest BCUT2D eigenvalue weighted by atomic mass is 10.1. The quantitative estimate of drug-likeness (QED) is 0.919. The van der Waals surface area contributed by atoms with Gasteiger partial charge in [0, 0.05) is 12.2 Å². The van der Waals surface area contributed by atoms with Crippen LogP contribution in [0.15, 0.2) is 22.9 Å². The Morgan fingerprint density at radius 1 is 1.64 bits per heavy atom. The van der Waals surface area contributed by atoms with Crippen molar-refractivity contribution in [3.63, 3.8) is 0 Å². The first-order valence-corrected chi connectivity index (χ1v) is 5.11. The molecular formula is C9H12BrClN2O. The summed E-state index contributed by atoms with van der Waals surface area (Å²) in [6.07, 6.45) is 4.67. The van der Waals surface area contributed by atoms with Crippen LogP contribution in [0.1, 0.15) is 6.42 Å². The number of ether oxygens (including phenoxy) is 1. The second-order valence-electron chi connectivity index (χ2n) is 3.06. The van der Waals surface area contributed by atoms with Gasteiger partial charge in [0.25, 0.3) is 0 Å². The summed E-state index contributed by atoms with van der Waals surface area (Å²) in [7, 11) is 0. The summed E-state index contributed by atoms with van der Waals surface area (Å²) in [4.78, 5) is 3.99. The zero-order chi connectivity index (χ0) is 9.10. The monoisotopic (exact) mass is 278 g/mol. The Morgan fingerprint density at radius 3 is 3.00 bits per heavy atom. The Bertz CT molecular complexity index is 294. The summed E-state index contributed by atoms with van der Waals surface area (Å²) in [5.74, 6) is 0.816. The number of hydrogen-bond acceptors (Lipinski definition) is 3. The molecule has 0 amide bonds. The van der Waals surface area contributed by atoms with Crippen molar-refractivity contribution in [1.29, 1.82) is 0 Å². The van der Waals surface area contributed by atoms with Gasteiger partial charge in [0.15, 0.2) is 5.75 Å². The zero-order valence-electron chi connectivity index (χ0n) is 7.57. The molecule has 0 saturated carbocycles. The third-order valence-corrected chi connectivity index (χ3v) is 2.76. The Kier molecular flexibility index (Phi) is 4.65. The maximum atomic E-state index is 5.57. The van der Waals surface area contributed by atoms with Crippen molar-refractivity contribution in [2.75, 3.05) is 13.2 Å². The molecule has 1 saturated heterocycles. The van der Waals surface area contributed by atoms with Crippen molar-refractivity contribution in [2.24, 2.45) is 0 Å². The summed E-state index contributed by atoms with van der Waals surface area (Å²) in [5.41, 5.74) is 0. The van der Waals surface area contributed by atoms with Crippen LogP contribution in [0.2, 0.25) is 0 Å². The van der Waals surface area contributed by atoms with E-state index >= 15 is 0 Å². The lowest BCUT2D eigenvalue weighted by Gasteiger charge is -2.27. The van der Waals surface area contributed by atoms with E-state index in [0.717, 1.165) is 23.4 Å². The molecule has 1 aliphatic rings. The van der Waals surface area contributed by atoms with Crippen LogP contribution in [0.3, 0.4) is 0 Å². The second kappa shape index (κ2) is 5.53. The van der Waals surface area contributed by atoms with Gasteiger partial charge in [-0.2, -0.15) is 0 Å². The first-order valence-electron chi connectivity index (χ1n) is 4.32. The van der Waals surface area contributed by atoms with Gasteiger partial charge in [0.1, 0.15) is 6.61 Å². The normalized spacial score (nSPS) is 19.4. The van der Waals surface area contributed by atoms with E-state index in [1.165, 1.54) is 6.42 Å². The van der Waals surface area contributed by atoms with Crippen molar-refractivity contribution >= 4 is 28.3 Å². The minimum absolute atomic E-state index is 0. The van der Waals surface area contributed by atoms with E-state index in [2.05, 4.69) is 26.2 Å². The standard InChI is InChI=1S/C9H11BrN2O.ClH/c10-8-2-3-11-5-9(8)13-6-7-1-4-12-7;/h2-3,5,7,12H,1,4,6H2;1H. The molecule has 0 aromatic carbocycles. The van der Waals surface area contributed by atoms with Gasteiger partial charge in [0.2, 0.25) is 0 Å². The fourth-order valence-corrected chi connectivity index (χ4v) is 1.49. The van der Waals surface area contributed by atoms with Gasteiger partial charge in [-0.3, -0.25) is 4.98 Å². The van der Waals surface area contributed by atoms with Crippen LogP contribution in [0, 0.1) is 0 Å². The Hall–Kier alpha value is -0.320. The molecule has 3 nitrogen and oxygen atoms in total. The Balaban J connectivity index is 0.000000980. The number of rotatable bonds is 3. The molecule has 0 radical (unpaired) electrons. The highest BCUT2D eigenvalue weighted by Crippen LogP contribution is 2.22. The summed E-state index contributed by atoms with van der Waals surface area (Å²) in [6, 6.07) is 2.40. The first kappa shape index (κ1) is 11.8. The van der Waals surface area contributed by atoms with Crippen molar-refractivity contribution in [3.05, 3.63) is 22.9 Å². The van der Waals surface area contributed by atoms with Crippen LogP contribution >= 0.6 is 28.3 Å². The van der Waals surface area contributed by atoms with Crippen LogP contribution in [0.5, 0.6) is 5.75 Å². The summed E-state index contributed by atoms with van der Waals surface area (Å²) in [6.45, 7) is 1.84. The molecule has 14 heavy (non-hydrogen) atoms. The third kappa shape index (κ3) is 2.83. The van der Waals surface area contributed by atoms with Crippen LogP contribution in [-0.2, 0) is 0 Å². The van der Waals surface area contributed by atoms with Gasteiger partial charge in [0.05, 0.1) is 10.7 Å². The third-order valence-electron chi connectivity index (χ3n) is 2.10. The topological polar surface area (TPSA) is 34.1 Å². The van der Waals surface area contributed by atoms with E-state index in [9.17, 15) is 0 Å². The molecule has 0 bridgehead atoms. The average molecular weight is 280 g/mol. The fraction of sp³-hybridized carbons (Fsp3) is 0.444. The van der Waals surface area contributed by atoms with Crippen molar-refractivity contribution < 1.29 is 4.74 Å². The molecule has 2 rings (SSSR count). The largest absolute Gasteiger partial charge is 0.489 e. The zero-order valence-corrected chi connectivity index (χ0v) is 9.97. The second-order valence-corrected chi connectivity index (χ2v) is 3.91. The molecule has 2 heterocycles. The van der Waals surface area contributed by atoms with Gasteiger partial charge in [-0.05, 0) is 35.0 Å². The maximum Gasteiger partial charge on any atom is 0.151 e. The minimum Gasteiger partial charge on any atom is -0.489 e. The van der Waals surface area contributed by atoms with E-state index in [-0.39, 0.29) is 12.4 Å². The van der Waals surface area contributed by atoms with E-state index in [4.69, 9.17) is 4.74 Å². The fourth-order valence-electron chi connectivity index (χ4n) is 1.15. The maximum absolute atomic E-state index is 5.57. The minimum atomic E-state index is 0. The first-order chi connectivity index (χ1) is 6.36. The Morgan fingerprint density at radius 2 is 2.43 bits per heavy atom. The Labute approximate surface area is 97.8 Å². The van der Waals surface area contributed by atoms with Crippen LogP contribution in [-0.4, -0.2) is 24.2 Å². The van der Waals surface area contributed by atoms with Gasteiger partial charge in [-0.1, -0.05) is 0 Å². The van der Waals surface area contributed by atoms with Crippen molar-refractivity contribution in [1.82, 2.24) is 10.3 Å². The van der Waals surface area contributed by atoms with Gasteiger partial charge < -0.3 is 10.1 Å². The highest BCUT2D eigenvalue weighted by Gasteiger charge is 2.16. The number of halogens is 2. The van der Waals surface area contributed by atoms with Crippen LogP contribution < -0.4 is 10.1 Å². The summed E-state index contributed by atoms with van der Waals surface area (Å²) in [5, 5.41) is 3.27. The molecule has 1 fully saturated rings. The molecule has 1 N–H and O–H groups in total. The lowest BCUT2D eigenvalue weighted by molar-refractivity contribution is 0.216. The number of nitrogens with one attached hydrogen (secondary N) is 1. The summed E-state index contributed by atoms with van der Waals surface area (Å²) >= 11 is 3.40. The molecule has 78 valence electrons. The average Bonchev–Trinajstić information content (AvgIpc) is 2.05. The van der Waals surface area contributed by atoms with Crippen molar-refractivity contribution in [3.8, 4) is 5.75 Å². The molecule has 5 heteroatoms. The lowest BCUT2D eigenvalue weighted by Crippen LogP contribution is -2.46. The molecule has 1 aromatic rings. The van der Waals surface area contributed by atoms with E-state index in [0.29, 0.717) is 6.04 Å².